The van der Waals surface area contributed by atoms with Crippen LogP contribution in [0.1, 0.15) is 17.4 Å². The van der Waals surface area contributed by atoms with Crippen LogP contribution in [-0.4, -0.2) is 28.0 Å². The van der Waals surface area contributed by atoms with E-state index in [0.717, 1.165) is 16.7 Å². The van der Waals surface area contributed by atoms with Gasteiger partial charge in [0.1, 0.15) is 5.82 Å². The Hall–Kier alpha value is -1.33. The fourth-order valence-electron chi connectivity index (χ4n) is 1.58. The lowest BCUT2D eigenvalue weighted by Gasteiger charge is -2.14. The lowest BCUT2D eigenvalue weighted by Crippen LogP contribution is -2.18. The predicted molar refractivity (Wildman–Crippen MR) is 70.1 cm³/mol. The molecular formula is C12H16N4S. The van der Waals surface area contributed by atoms with E-state index in [-0.39, 0.29) is 0 Å². The van der Waals surface area contributed by atoms with Crippen molar-refractivity contribution in [2.24, 2.45) is 0 Å². The number of hydrogen-bond donors (Lipinski definition) is 2. The summed E-state index contributed by atoms with van der Waals surface area (Å²) in [5.41, 5.74) is 1.29. The monoisotopic (exact) mass is 248 g/mol. The van der Waals surface area contributed by atoms with E-state index in [0.29, 0.717) is 6.04 Å². The molecule has 0 bridgehead atoms. The van der Waals surface area contributed by atoms with E-state index in [1.54, 1.807) is 11.8 Å². The number of rotatable bonds is 5. The summed E-state index contributed by atoms with van der Waals surface area (Å²) >= 11 is 1.65. The number of H-pyrrole nitrogens is 1. The first kappa shape index (κ1) is 12.1. The first-order valence-corrected chi connectivity index (χ1v) is 6.52. The zero-order chi connectivity index (χ0) is 12.1. The second-order valence-electron chi connectivity index (χ2n) is 3.77. The minimum Gasteiger partial charge on any atom is -0.312 e. The van der Waals surface area contributed by atoms with Crippen LogP contribution in [0.4, 0.5) is 0 Å². The smallest absolute Gasteiger partial charge is 0.208 e. The van der Waals surface area contributed by atoms with Crippen molar-refractivity contribution in [3.05, 3.63) is 41.7 Å². The molecule has 1 aromatic carbocycles. The maximum atomic E-state index is 4.28. The zero-order valence-corrected chi connectivity index (χ0v) is 10.8. The van der Waals surface area contributed by atoms with Gasteiger partial charge < -0.3 is 5.32 Å². The third-order valence-electron chi connectivity index (χ3n) is 2.51. The van der Waals surface area contributed by atoms with E-state index in [2.05, 4.69) is 44.8 Å². The third kappa shape index (κ3) is 3.31. The summed E-state index contributed by atoms with van der Waals surface area (Å²) in [5.74, 6) is 1.77. The van der Waals surface area contributed by atoms with Crippen molar-refractivity contribution < 1.29 is 0 Å². The van der Waals surface area contributed by atoms with Gasteiger partial charge in [0.2, 0.25) is 5.16 Å². The van der Waals surface area contributed by atoms with E-state index in [4.69, 9.17) is 0 Å². The highest BCUT2D eigenvalue weighted by molar-refractivity contribution is 7.99. The first-order valence-electron chi connectivity index (χ1n) is 5.53. The molecule has 4 nitrogen and oxygen atoms in total. The van der Waals surface area contributed by atoms with Crippen LogP contribution in [0.15, 0.2) is 35.5 Å². The molecule has 0 amide bonds. The molecule has 1 heterocycles. The number of aryl methyl sites for hydroxylation is 1. The molecule has 2 rings (SSSR count). The Balaban J connectivity index is 1.97. The number of hydrogen-bond acceptors (Lipinski definition) is 4. The van der Waals surface area contributed by atoms with Crippen LogP contribution in [0.3, 0.4) is 0 Å². The van der Waals surface area contributed by atoms with Gasteiger partial charge in [0, 0.05) is 11.8 Å². The van der Waals surface area contributed by atoms with Crippen molar-refractivity contribution in [2.75, 3.05) is 12.8 Å². The van der Waals surface area contributed by atoms with Gasteiger partial charge in [0.15, 0.2) is 0 Å². The van der Waals surface area contributed by atoms with Crippen LogP contribution in [0, 0.1) is 6.92 Å². The Morgan fingerprint density at radius 3 is 2.71 bits per heavy atom. The first-order chi connectivity index (χ1) is 8.29. The predicted octanol–water partition coefficient (Wildman–Crippen LogP) is 2.17. The molecule has 0 aliphatic rings. The molecule has 0 saturated carbocycles. The molecule has 0 saturated heterocycles. The molecule has 0 aliphatic heterocycles. The third-order valence-corrected chi connectivity index (χ3v) is 3.45. The molecule has 90 valence electrons. The molecule has 0 aliphatic carbocycles. The summed E-state index contributed by atoms with van der Waals surface area (Å²) in [6.07, 6.45) is 0. The van der Waals surface area contributed by atoms with Crippen molar-refractivity contribution in [3.63, 3.8) is 0 Å². The summed E-state index contributed by atoms with van der Waals surface area (Å²) in [6.45, 7) is 1.91. The van der Waals surface area contributed by atoms with E-state index in [1.165, 1.54) is 5.56 Å². The van der Waals surface area contributed by atoms with Gasteiger partial charge in [-0.1, -0.05) is 42.1 Å². The SMILES string of the molecule is CNC(CSc1n[nH]c(C)n1)c1ccccc1. The van der Waals surface area contributed by atoms with Crippen LogP contribution >= 0.6 is 11.8 Å². The van der Waals surface area contributed by atoms with Gasteiger partial charge in [-0.2, -0.15) is 0 Å². The molecule has 0 spiro atoms. The van der Waals surface area contributed by atoms with Gasteiger partial charge in [0.25, 0.3) is 0 Å². The summed E-state index contributed by atoms with van der Waals surface area (Å²) in [6, 6.07) is 10.7. The summed E-state index contributed by atoms with van der Waals surface area (Å²) < 4.78 is 0. The maximum absolute atomic E-state index is 4.28. The number of aromatic nitrogens is 3. The van der Waals surface area contributed by atoms with Crippen molar-refractivity contribution >= 4 is 11.8 Å². The average Bonchev–Trinajstić information content (AvgIpc) is 2.77. The van der Waals surface area contributed by atoms with Crippen LogP contribution in [0.5, 0.6) is 0 Å². The van der Waals surface area contributed by atoms with Crippen molar-refractivity contribution in [2.45, 2.75) is 18.1 Å². The van der Waals surface area contributed by atoms with Gasteiger partial charge >= 0.3 is 0 Å². The van der Waals surface area contributed by atoms with Crippen LogP contribution in [0.25, 0.3) is 0 Å². The fourth-order valence-corrected chi connectivity index (χ4v) is 2.56. The summed E-state index contributed by atoms with van der Waals surface area (Å²) in [5, 5.41) is 11.1. The second kappa shape index (κ2) is 5.84. The fraction of sp³-hybridized carbons (Fsp3) is 0.333. The topological polar surface area (TPSA) is 53.6 Å². The average molecular weight is 248 g/mol. The van der Waals surface area contributed by atoms with Gasteiger partial charge in [-0.15, -0.1) is 5.10 Å². The largest absolute Gasteiger partial charge is 0.312 e. The van der Waals surface area contributed by atoms with E-state index < -0.39 is 0 Å². The minimum atomic E-state index is 0.319. The normalized spacial score (nSPS) is 12.6. The molecule has 2 N–H and O–H groups in total. The maximum Gasteiger partial charge on any atom is 0.208 e. The van der Waals surface area contributed by atoms with Crippen molar-refractivity contribution in [3.8, 4) is 0 Å². The van der Waals surface area contributed by atoms with Crippen LogP contribution in [0.2, 0.25) is 0 Å². The molecule has 1 aromatic heterocycles. The Morgan fingerprint density at radius 2 is 2.12 bits per heavy atom. The van der Waals surface area contributed by atoms with Gasteiger partial charge in [-0.3, -0.25) is 5.10 Å². The molecular weight excluding hydrogens is 232 g/mol. The molecule has 2 aromatic rings. The highest BCUT2D eigenvalue weighted by Crippen LogP contribution is 2.21. The van der Waals surface area contributed by atoms with Crippen molar-refractivity contribution in [1.82, 2.24) is 20.5 Å². The Morgan fingerprint density at radius 1 is 1.35 bits per heavy atom. The Bertz CT molecular complexity index is 455. The zero-order valence-electron chi connectivity index (χ0n) is 9.97. The highest BCUT2D eigenvalue weighted by Gasteiger charge is 2.10. The molecule has 1 atom stereocenters. The van der Waals surface area contributed by atoms with Crippen LogP contribution < -0.4 is 5.32 Å². The molecule has 5 heteroatoms. The lowest BCUT2D eigenvalue weighted by atomic mass is 10.1. The van der Waals surface area contributed by atoms with E-state index in [9.17, 15) is 0 Å². The number of thioether (sulfide) groups is 1. The minimum absolute atomic E-state index is 0.319. The van der Waals surface area contributed by atoms with E-state index >= 15 is 0 Å². The molecule has 1 unspecified atom stereocenters. The summed E-state index contributed by atoms with van der Waals surface area (Å²) in [4.78, 5) is 4.28. The van der Waals surface area contributed by atoms with Crippen LogP contribution in [-0.2, 0) is 0 Å². The number of benzene rings is 1. The number of nitrogens with one attached hydrogen (secondary N) is 2. The van der Waals surface area contributed by atoms with Gasteiger partial charge in [-0.05, 0) is 19.5 Å². The Labute approximate surface area is 105 Å². The summed E-state index contributed by atoms with van der Waals surface area (Å²) in [7, 11) is 1.97. The lowest BCUT2D eigenvalue weighted by molar-refractivity contribution is 0.661. The molecule has 0 radical (unpaired) electrons. The molecule has 17 heavy (non-hydrogen) atoms. The van der Waals surface area contributed by atoms with E-state index in [1.807, 2.05) is 20.0 Å². The highest BCUT2D eigenvalue weighted by atomic mass is 32.2. The quantitative estimate of drug-likeness (QED) is 0.796. The molecule has 0 fully saturated rings. The number of aromatic amines is 1. The van der Waals surface area contributed by atoms with Gasteiger partial charge in [0.05, 0.1) is 0 Å². The number of nitrogens with zero attached hydrogens (tertiary/aromatic N) is 2. The van der Waals surface area contributed by atoms with Crippen molar-refractivity contribution in [1.29, 1.82) is 0 Å². The van der Waals surface area contributed by atoms with Gasteiger partial charge in [-0.25, -0.2) is 4.98 Å². The standard InChI is InChI=1S/C12H16N4S/c1-9-14-12(16-15-9)17-8-11(13-2)10-6-4-3-5-7-10/h3-7,11,13H,8H2,1-2H3,(H,14,15,16). The second-order valence-corrected chi connectivity index (χ2v) is 4.75. The Kier molecular flexibility index (Phi) is 4.17.